The normalized spacial score (nSPS) is 15.2. The van der Waals surface area contributed by atoms with Gasteiger partial charge in [0.1, 0.15) is 21.4 Å². The van der Waals surface area contributed by atoms with Gasteiger partial charge in [0, 0.05) is 19.6 Å². The van der Waals surface area contributed by atoms with E-state index in [1.165, 1.54) is 24.2 Å². The van der Waals surface area contributed by atoms with E-state index in [1.807, 2.05) is 30.0 Å². The Hall–Kier alpha value is -2.12. The lowest BCUT2D eigenvalue weighted by Crippen LogP contribution is -2.35. The maximum absolute atomic E-state index is 13.2. The molecule has 158 valence electrons. The van der Waals surface area contributed by atoms with Crippen LogP contribution in [0.4, 0.5) is 0 Å². The second kappa shape index (κ2) is 10.1. The minimum atomic E-state index is 0.0884. The van der Waals surface area contributed by atoms with Gasteiger partial charge in [0.05, 0.1) is 25.5 Å². The van der Waals surface area contributed by atoms with Crippen LogP contribution >= 0.6 is 11.3 Å². The zero-order valence-corrected chi connectivity index (χ0v) is 18.7. The monoisotopic (exact) mass is 417 g/mol. The summed E-state index contributed by atoms with van der Waals surface area (Å²) < 4.78 is 10.8. The predicted octanol–water partition coefficient (Wildman–Crippen LogP) is 4.08. The van der Waals surface area contributed by atoms with E-state index in [-0.39, 0.29) is 5.91 Å². The molecule has 0 atom stereocenters. The first kappa shape index (κ1) is 21.6. The van der Waals surface area contributed by atoms with Crippen molar-refractivity contribution < 1.29 is 14.3 Å². The SMILES string of the molecule is CCCCN1CCCN(C(=O)c2sc(-c3cc(OC)ccc3OC)nc2C)CC1. The fraction of sp³-hybridized carbons (Fsp3) is 0.545. The van der Waals surface area contributed by atoms with Gasteiger partial charge in [-0.1, -0.05) is 13.3 Å². The number of benzene rings is 1. The van der Waals surface area contributed by atoms with E-state index < -0.39 is 0 Å². The summed E-state index contributed by atoms with van der Waals surface area (Å²) in [5, 5.41) is 0.779. The summed E-state index contributed by atoms with van der Waals surface area (Å²) in [5.41, 5.74) is 1.62. The Bertz CT molecular complexity index is 837. The van der Waals surface area contributed by atoms with Gasteiger partial charge in [-0.3, -0.25) is 4.79 Å². The van der Waals surface area contributed by atoms with Crippen molar-refractivity contribution in [1.82, 2.24) is 14.8 Å². The van der Waals surface area contributed by atoms with E-state index in [2.05, 4.69) is 16.8 Å². The van der Waals surface area contributed by atoms with Crippen LogP contribution in [0.15, 0.2) is 18.2 Å². The van der Waals surface area contributed by atoms with Crippen LogP contribution in [0.3, 0.4) is 0 Å². The summed E-state index contributed by atoms with van der Waals surface area (Å²) in [5.74, 6) is 1.55. The number of carbonyl (C=O) groups excluding carboxylic acids is 1. The molecule has 0 unspecified atom stereocenters. The molecule has 1 aliphatic rings. The van der Waals surface area contributed by atoms with Crippen molar-refractivity contribution in [3.05, 3.63) is 28.8 Å². The lowest BCUT2D eigenvalue weighted by molar-refractivity contribution is 0.0765. The van der Waals surface area contributed by atoms with E-state index >= 15 is 0 Å². The molecule has 1 amide bonds. The molecule has 1 saturated heterocycles. The van der Waals surface area contributed by atoms with E-state index in [0.717, 1.165) is 66.9 Å². The van der Waals surface area contributed by atoms with Crippen LogP contribution in [-0.4, -0.2) is 67.6 Å². The van der Waals surface area contributed by atoms with Crippen molar-refractivity contribution in [3.8, 4) is 22.1 Å². The molecule has 3 rings (SSSR count). The maximum Gasteiger partial charge on any atom is 0.265 e. The summed E-state index contributed by atoms with van der Waals surface area (Å²) in [6.45, 7) is 8.84. The molecule has 1 aromatic heterocycles. The summed E-state index contributed by atoms with van der Waals surface area (Å²) in [6, 6.07) is 5.63. The highest BCUT2D eigenvalue weighted by molar-refractivity contribution is 7.17. The first-order valence-electron chi connectivity index (χ1n) is 10.3. The molecule has 0 N–H and O–H groups in total. The van der Waals surface area contributed by atoms with Crippen molar-refractivity contribution in [1.29, 1.82) is 0 Å². The van der Waals surface area contributed by atoms with Gasteiger partial charge in [-0.05, 0) is 51.1 Å². The van der Waals surface area contributed by atoms with Crippen molar-refractivity contribution in [2.45, 2.75) is 33.1 Å². The van der Waals surface area contributed by atoms with Gasteiger partial charge in [-0.15, -0.1) is 11.3 Å². The third kappa shape index (κ3) is 5.08. The molecule has 1 fully saturated rings. The first-order chi connectivity index (χ1) is 14.1. The van der Waals surface area contributed by atoms with Gasteiger partial charge >= 0.3 is 0 Å². The van der Waals surface area contributed by atoms with Crippen LogP contribution in [0.5, 0.6) is 11.5 Å². The van der Waals surface area contributed by atoms with Gasteiger partial charge < -0.3 is 19.3 Å². The number of aryl methyl sites for hydroxylation is 1. The highest BCUT2D eigenvalue weighted by Gasteiger charge is 2.25. The second-order valence-electron chi connectivity index (χ2n) is 7.34. The van der Waals surface area contributed by atoms with Crippen LogP contribution < -0.4 is 9.47 Å². The van der Waals surface area contributed by atoms with Crippen molar-refractivity contribution in [3.63, 3.8) is 0 Å². The molecule has 0 aliphatic carbocycles. The molecule has 29 heavy (non-hydrogen) atoms. The van der Waals surface area contributed by atoms with Crippen molar-refractivity contribution >= 4 is 17.2 Å². The average molecular weight is 418 g/mol. The number of hydrogen-bond donors (Lipinski definition) is 0. The van der Waals surface area contributed by atoms with Crippen molar-refractivity contribution in [2.24, 2.45) is 0 Å². The van der Waals surface area contributed by atoms with Gasteiger partial charge in [0.25, 0.3) is 5.91 Å². The molecule has 0 saturated carbocycles. The molecule has 2 heterocycles. The number of aromatic nitrogens is 1. The number of ether oxygens (including phenoxy) is 2. The summed E-state index contributed by atoms with van der Waals surface area (Å²) in [6.07, 6.45) is 3.44. The molecular weight excluding hydrogens is 386 g/mol. The van der Waals surface area contributed by atoms with E-state index in [1.54, 1.807) is 14.2 Å². The molecule has 1 aromatic carbocycles. The third-order valence-corrected chi connectivity index (χ3v) is 6.51. The van der Waals surface area contributed by atoms with E-state index in [4.69, 9.17) is 9.47 Å². The zero-order chi connectivity index (χ0) is 20.8. The molecule has 0 bridgehead atoms. The fourth-order valence-corrected chi connectivity index (χ4v) is 4.67. The first-order valence-corrected chi connectivity index (χ1v) is 11.1. The van der Waals surface area contributed by atoms with Gasteiger partial charge in [0.15, 0.2) is 0 Å². The van der Waals surface area contributed by atoms with E-state index in [9.17, 15) is 4.79 Å². The summed E-state index contributed by atoms with van der Waals surface area (Å²) >= 11 is 1.43. The van der Waals surface area contributed by atoms with Crippen LogP contribution in [-0.2, 0) is 0 Å². The van der Waals surface area contributed by atoms with Crippen LogP contribution in [0.25, 0.3) is 10.6 Å². The largest absolute Gasteiger partial charge is 0.497 e. The van der Waals surface area contributed by atoms with Gasteiger partial charge in [-0.25, -0.2) is 4.98 Å². The zero-order valence-electron chi connectivity index (χ0n) is 17.9. The lowest BCUT2D eigenvalue weighted by atomic mass is 10.2. The quantitative estimate of drug-likeness (QED) is 0.679. The standard InChI is InChI=1S/C22H31N3O3S/c1-5-6-10-24-11-7-12-25(14-13-24)22(26)20-16(2)23-21(29-20)18-15-17(27-3)8-9-19(18)28-4/h8-9,15H,5-7,10-14H2,1-4H3. The number of unbranched alkanes of at least 4 members (excludes halogenated alkanes) is 1. The Morgan fingerprint density at radius 1 is 1.17 bits per heavy atom. The average Bonchev–Trinajstić information content (AvgIpc) is 2.97. The highest BCUT2D eigenvalue weighted by Crippen LogP contribution is 2.37. The number of nitrogens with zero attached hydrogens (tertiary/aromatic N) is 3. The minimum Gasteiger partial charge on any atom is -0.497 e. The number of thiazole rings is 1. The highest BCUT2D eigenvalue weighted by atomic mass is 32.1. The van der Waals surface area contributed by atoms with Crippen molar-refractivity contribution in [2.75, 3.05) is 46.9 Å². The van der Waals surface area contributed by atoms with Crippen LogP contribution in [0.1, 0.15) is 41.6 Å². The van der Waals surface area contributed by atoms with Gasteiger partial charge in [-0.2, -0.15) is 0 Å². The summed E-state index contributed by atoms with van der Waals surface area (Å²) in [4.78, 5) is 23.1. The number of hydrogen-bond acceptors (Lipinski definition) is 6. The van der Waals surface area contributed by atoms with E-state index in [0.29, 0.717) is 4.88 Å². The fourth-order valence-electron chi connectivity index (χ4n) is 3.61. The number of methoxy groups -OCH3 is 2. The Kier molecular flexibility index (Phi) is 7.50. The smallest absolute Gasteiger partial charge is 0.265 e. The topological polar surface area (TPSA) is 54.9 Å². The lowest BCUT2D eigenvalue weighted by Gasteiger charge is -2.21. The Labute approximate surface area is 177 Å². The molecule has 1 aliphatic heterocycles. The van der Waals surface area contributed by atoms with Crippen LogP contribution in [0.2, 0.25) is 0 Å². The molecule has 0 radical (unpaired) electrons. The second-order valence-corrected chi connectivity index (χ2v) is 8.34. The number of carbonyl (C=O) groups is 1. The maximum atomic E-state index is 13.2. The predicted molar refractivity (Wildman–Crippen MR) is 117 cm³/mol. The summed E-state index contributed by atoms with van der Waals surface area (Å²) in [7, 11) is 3.27. The van der Waals surface area contributed by atoms with Crippen LogP contribution in [0, 0.1) is 6.92 Å². The molecule has 0 spiro atoms. The minimum absolute atomic E-state index is 0.0884. The molecule has 7 heteroatoms. The number of rotatable bonds is 7. The Morgan fingerprint density at radius 2 is 2.00 bits per heavy atom. The molecule has 2 aromatic rings. The van der Waals surface area contributed by atoms with Gasteiger partial charge in [0.2, 0.25) is 0 Å². The Balaban J connectivity index is 1.79. The number of amides is 1. The Morgan fingerprint density at radius 3 is 2.72 bits per heavy atom. The molecular formula is C22H31N3O3S. The molecule has 6 nitrogen and oxygen atoms in total. The third-order valence-electron chi connectivity index (χ3n) is 5.33.